The number of imide groups is 1. The van der Waals surface area contributed by atoms with Crippen molar-refractivity contribution in [2.75, 3.05) is 4.90 Å². The van der Waals surface area contributed by atoms with Gasteiger partial charge < -0.3 is 4.42 Å². The van der Waals surface area contributed by atoms with Gasteiger partial charge in [0.2, 0.25) is 0 Å². The molecule has 0 bridgehead atoms. The van der Waals surface area contributed by atoms with Crippen LogP contribution < -0.4 is 10.5 Å². The molecular weight excluding hydrogens is 411 g/mol. The van der Waals surface area contributed by atoms with Crippen LogP contribution in [0.3, 0.4) is 0 Å². The number of carbonyl (C=O) groups is 2. The number of aryl methyl sites for hydroxylation is 1. The molecule has 1 aliphatic heterocycles. The number of nitrogens with zero attached hydrogens (tertiary/aromatic N) is 2. The first-order chi connectivity index (χ1) is 14.3. The third-order valence-corrected chi connectivity index (χ3v) is 5.61. The molecular formula is C22H18ClFN2O4. The summed E-state index contributed by atoms with van der Waals surface area (Å²) in [6, 6.07) is 8.68. The zero-order chi connectivity index (χ0) is 21.6. The zero-order valence-corrected chi connectivity index (χ0v) is 17.1. The molecule has 1 aliphatic rings. The SMILES string of the molecule is CCc1cc2oc(=O)cc(CN3C(=O)C(C)N(c4ccc(F)cc4)C3=O)c2cc1Cl. The Hall–Kier alpha value is -3.19. The lowest BCUT2D eigenvalue weighted by molar-refractivity contribution is -0.127. The van der Waals surface area contributed by atoms with Crippen LogP contribution in [0.2, 0.25) is 5.02 Å². The maximum atomic E-state index is 13.3. The Morgan fingerprint density at radius 3 is 2.43 bits per heavy atom. The zero-order valence-electron chi connectivity index (χ0n) is 16.3. The molecule has 1 unspecified atom stereocenters. The van der Waals surface area contributed by atoms with Crippen LogP contribution in [0.5, 0.6) is 0 Å². The van der Waals surface area contributed by atoms with E-state index in [9.17, 15) is 18.8 Å². The maximum Gasteiger partial charge on any atom is 0.336 e. The van der Waals surface area contributed by atoms with E-state index in [2.05, 4.69) is 0 Å². The predicted octanol–water partition coefficient (Wildman–Crippen LogP) is 4.51. The van der Waals surface area contributed by atoms with Crippen LogP contribution in [0.25, 0.3) is 11.0 Å². The molecule has 1 fully saturated rings. The second-order valence-corrected chi connectivity index (χ2v) is 7.52. The van der Waals surface area contributed by atoms with Crippen LogP contribution in [-0.2, 0) is 17.8 Å². The van der Waals surface area contributed by atoms with Gasteiger partial charge in [-0.3, -0.25) is 14.6 Å². The molecule has 0 radical (unpaired) electrons. The molecule has 0 aliphatic carbocycles. The summed E-state index contributed by atoms with van der Waals surface area (Å²) < 4.78 is 18.5. The van der Waals surface area contributed by atoms with Crippen LogP contribution in [0.1, 0.15) is 25.0 Å². The van der Waals surface area contributed by atoms with E-state index in [1.54, 1.807) is 19.1 Å². The lowest BCUT2D eigenvalue weighted by Crippen LogP contribution is -2.33. The first-order valence-corrected chi connectivity index (χ1v) is 9.83. The van der Waals surface area contributed by atoms with E-state index in [1.165, 1.54) is 35.2 Å². The Labute approximate surface area is 176 Å². The summed E-state index contributed by atoms with van der Waals surface area (Å²) in [7, 11) is 0. The Morgan fingerprint density at radius 2 is 1.77 bits per heavy atom. The smallest absolute Gasteiger partial charge is 0.336 e. The fraction of sp³-hybridized carbons (Fsp3) is 0.227. The minimum Gasteiger partial charge on any atom is -0.423 e. The number of halogens is 2. The van der Waals surface area contributed by atoms with Gasteiger partial charge >= 0.3 is 11.7 Å². The highest BCUT2D eigenvalue weighted by Crippen LogP contribution is 2.30. The Balaban J connectivity index is 1.73. The second-order valence-electron chi connectivity index (χ2n) is 7.11. The molecule has 1 saturated heterocycles. The number of urea groups is 1. The summed E-state index contributed by atoms with van der Waals surface area (Å²) in [5.41, 5.74) is 1.47. The van der Waals surface area contributed by atoms with E-state index in [0.717, 1.165) is 10.5 Å². The number of amides is 3. The standard InChI is InChI=1S/C22H18ClFN2O4/c1-3-13-8-19-17(10-18(13)23)14(9-20(27)30-19)11-25-21(28)12(2)26(22(25)29)16-6-4-15(24)5-7-16/h4-10,12H,3,11H2,1-2H3. The first-order valence-electron chi connectivity index (χ1n) is 9.45. The molecule has 0 N–H and O–H groups in total. The van der Waals surface area contributed by atoms with Gasteiger partial charge in [-0.2, -0.15) is 0 Å². The van der Waals surface area contributed by atoms with Gasteiger partial charge in [-0.25, -0.2) is 14.0 Å². The number of rotatable bonds is 4. The summed E-state index contributed by atoms with van der Waals surface area (Å²) >= 11 is 6.32. The number of anilines is 1. The molecule has 30 heavy (non-hydrogen) atoms. The normalized spacial score (nSPS) is 16.7. The number of hydrogen-bond acceptors (Lipinski definition) is 4. The maximum absolute atomic E-state index is 13.3. The van der Waals surface area contributed by atoms with E-state index in [1.807, 2.05) is 6.92 Å². The average molecular weight is 429 g/mol. The van der Waals surface area contributed by atoms with E-state index in [0.29, 0.717) is 33.7 Å². The number of hydrogen-bond donors (Lipinski definition) is 0. The average Bonchev–Trinajstić information content (AvgIpc) is 2.92. The summed E-state index contributed by atoms with van der Waals surface area (Å²) in [5.74, 6) is -0.853. The van der Waals surface area contributed by atoms with Crippen LogP contribution in [0.15, 0.2) is 51.7 Å². The van der Waals surface area contributed by atoms with Crippen molar-refractivity contribution in [3.8, 4) is 0 Å². The van der Waals surface area contributed by atoms with Gasteiger partial charge in [-0.15, -0.1) is 0 Å². The molecule has 1 aromatic heterocycles. The van der Waals surface area contributed by atoms with Crippen molar-refractivity contribution in [2.24, 2.45) is 0 Å². The molecule has 8 heteroatoms. The second kappa shape index (κ2) is 7.57. The van der Waals surface area contributed by atoms with Gasteiger partial charge in [-0.05, 0) is 60.9 Å². The molecule has 0 spiro atoms. The molecule has 154 valence electrons. The molecule has 6 nitrogen and oxygen atoms in total. The molecule has 0 saturated carbocycles. The van der Waals surface area contributed by atoms with Crippen molar-refractivity contribution < 1.29 is 18.4 Å². The van der Waals surface area contributed by atoms with Gasteiger partial charge in [0, 0.05) is 22.2 Å². The lowest BCUT2D eigenvalue weighted by atomic mass is 10.1. The lowest BCUT2D eigenvalue weighted by Gasteiger charge is -2.19. The van der Waals surface area contributed by atoms with E-state index in [-0.39, 0.29) is 6.54 Å². The van der Waals surface area contributed by atoms with Crippen molar-refractivity contribution >= 4 is 40.2 Å². The molecule has 4 rings (SSSR count). The highest BCUT2D eigenvalue weighted by atomic mass is 35.5. The summed E-state index contributed by atoms with van der Waals surface area (Å²) in [6.07, 6.45) is 0.663. The third kappa shape index (κ3) is 3.35. The van der Waals surface area contributed by atoms with Crippen LogP contribution in [-0.4, -0.2) is 22.9 Å². The minimum atomic E-state index is -0.760. The van der Waals surface area contributed by atoms with Gasteiger partial charge in [0.05, 0.1) is 6.54 Å². The van der Waals surface area contributed by atoms with E-state index < -0.39 is 29.4 Å². The summed E-state index contributed by atoms with van der Waals surface area (Å²) in [6.45, 7) is 3.43. The first kappa shape index (κ1) is 20.1. The molecule has 1 atom stereocenters. The van der Waals surface area contributed by atoms with Gasteiger partial charge in [0.1, 0.15) is 17.4 Å². The highest BCUT2D eigenvalue weighted by Gasteiger charge is 2.43. The van der Waals surface area contributed by atoms with Gasteiger partial charge in [0.25, 0.3) is 5.91 Å². The topological polar surface area (TPSA) is 70.8 Å². The van der Waals surface area contributed by atoms with Crippen LogP contribution in [0.4, 0.5) is 14.9 Å². The fourth-order valence-electron chi connectivity index (χ4n) is 3.67. The van der Waals surface area contributed by atoms with E-state index in [4.69, 9.17) is 16.0 Å². The quantitative estimate of drug-likeness (QED) is 0.453. The molecule has 2 aromatic carbocycles. The number of benzene rings is 2. The van der Waals surface area contributed by atoms with Crippen LogP contribution in [0, 0.1) is 5.82 Å². The third-order valence-electron chi connectivity index (χ3n) is 5.26. The van der Waals surface area contributed by atoms with Gasteiger partial charge in [0.15, 0.2) is 0 Å². The number of fused-ring (bicyclic) bond motifs is 1. The minimum absolute atomic E-state index is 0.108. The predicted molar refractivity (Wildman–Crippen MR) is 111 cm³/mol. The Morgan fingerprint density at radius 1 is 1.07 bits per heavy atom. The van der Waals surface area contributed by atoms with Gasteiger partial charge in [-0.1, -0.05) is 18.5 Å². The summed E-state index contributed by atoms with van der Waals surface area (Å²) in [5, 5.41) is 1.07. The van der Waals surface area contributed by atoms with Crippen LogP contribution >= 0.6 is 11.6 Å². The molecule has 3 amide bonds. The number of carbonyl (C=O) groups excluding carboxylic acids is 2. The Bertz CT molecular complexity index is 1220. The fourth-order valence-corrected chi connectivity index (χ4v) is 3.97. The highest BCUT2D eigenvalue weighted by molar-refractivity contribution is 6.32. The van der Waals surface area contributed by atoms with Crippen molar-refractivity contribution in [3.63, 3.8) is 0 Å². The Kier molecular flexibility index (Phi) is 5.07. The van der Waals surface area contributed by atoms with Crippen molar-refractivity contribution in [1.29, 1.82) is 0 Å². The molecule has 3 aromatic rings. The largest absolute Gasteiger partial charge is 0.423 e. The summed E-state index contributed by atoms with van der Waals surface area (Å²) in [4.78, 5) is 40.3. The van der Waals surface area contributed by atoms with Crippen molar-refractivity contribution in [2.45, 2.75) is 32.9 Å². The van der Waals surface area contributed by atoms with Crippen molar-refractivity contribution in [1.82, 2.24) is 4.90 Å². The van der Waals surface area contributed by atoms with Crippen molar-refractivity contribution in [3.05, 3.63) is 74.9 Å². The molecule has 2 heterocycles. The van der Waals surface area contributed by atoms with E-state index >= 15 is 0 Å². The monoisotopic (exact) mass is 428 g/mol.